The van der Waals surface area contributed by atoms with Crippen molar-refractivity contribution in [2.24, 2.45) is 0 Å². The highest BCUT2D eigenvalue weighted by atomic mass is 16.6. The van der Waals surface area contributed by atoms with E-state index >= 15 is 0 Å². The van der Waals surface area contributed by atoms with E-state index in [1.807, 2.05) is 25.1 Å². The molecule has 98 valence electrons. The largest absolute Gasteiger partial charge is 0.376 e. The minimum Gasteiger partial charge on any atom is -0.376 e. The molecule has 1 fully saturated rings. The SMILES string of the molecule is CN(C)C/C=C/C(=O)NCCC1COCCO1. The third-order valence-electron chi connectivity index (χ3n) is 2.39. The highest BCUT2D eigenvalue weighted by Gasteiger charge is 2.13. The lowest BCUT2D eigenvalue weighted by Gasteiger charge is -2.22. The number of hydrogen-bond acceptors (Lipinski definition) is 4. The molecule has 0 aromatic rings. The number of hydrogen-bond donors (Lipinski definition) is 1. The van der Waals surface area contributed by atoms with Gasteiger partial charge in [0.2, 0.25) is 5.91 Å². The van der Waals surface area contributed by atoms with E-state index in [2.05, 4.69) is 5.32 Å². The van der Waals surface area contributed by atoms with Crippen LogP contribution in [0.4, 0.5) is 0 Å². The summed E-state index contributed by atoms with van der Waals surface area (Å²) in [4.78, 5) is 13.4. The number of carbonyl (C=O) groups is 1. The van der Waals surface area contributed by atoms with E-state index in [0.29, 0.717) is 26.4 Å². The Labute approximate surface area is 103 Å². The van der Waals surface area contributed by atoms with Crippen molar-refractivity contribution in [1.82, 2.24) is 10.2 Å². The highest BCUT2D eigenvalue weighted by Crippen LogP contribution is 2.03. The zero-order valence-electron chi connectivity index (χ0n) is 10.6. The zero-order chi connectivity index (χ0) is 12.5. The number of nitrogens with zero attached hydrogens (tertiary/aromatic N) is 1. The van der Waals surface area contributed by atoms with Crippen molar-refractivity contribution in [1.29, 1.82) is 0 Å². The van der Waals surface area contributed by atoms with Crippen LogP contribution >= 0.6 is 0 Å². The minimum absolute atomic E-state index is 0.0522. The molecule has 1 amide bonds. The molecule has 1 atom stereocenters. The predicted octanol–water partition coefficient (Wildman–Crippen LogP) is 0.0259. The topological polar surface area (TPSA) is 50.8 Å². The van der Waals surface area contributed by atoms with E-state index in [-0.39, 0.29) is 12.0 Å². The van der Waals surface area contributed by atoms with Gasteiger partial charge in [0.1, 0.15) is 0 Å². The minimum atomic E-state index is -0.0522. The van der Waals surface area contributed by atoms with E-state index in [4.69, 9.17) is 9.47 Å². The van der Waals surface area contributed by atoms with Crippen molar-refractivity contribution in [2.75, 3.05) is 47.0 Å². The Balaban J connectivity index is 2.05. The molecule has 17 heavy (non-hydrogen) atoms. The van der Waals surface area contributed by atoms with E-state index in [9.17, 15) is 4.79 Å². The highest BCUT2D eigenvalue weighted by molar-refractivity contribution is 5.87. The standard InChI is InChI=1S/C12H22N2O3/c1-14(2)7-3-4-12(15)13-6-5-11-10-16-8-9-17-11/h3-4,11H,5-10H2,1-2H3,(H,13,15)/b4-3+. The molecular weight excluding hydrogens is 220 g/mol. The quantitative estimate of drug-likeness (QED) is 0.667. The second-order valence-corrected chi connectivity index (χ2v) is 4.31. The smallest absolute Gasteiger partial charge is 0.243 e. The Morgan fingerprint density at radius 3 is 2.94 bits per heavy atom. The average molecular weight is 242 g/mol. The molecule has 1 N–H and O–H groups in total. The molecule has 1 unspecified atom stereocenters. The number of likely N-dealkylation sites (N-methyl/N-ethyl adjacent to an activating group) is 1. The Morgan fingerprint density at radius 2 is 2.29 bits per heavy atom. The van der Waals surface area contributed by atoms with Crippen LogP contribution in [-0.4, -0.2) is 63.9 Å². The molecule has 0 saturated carbocycles. The lowest BCUT2D eigenvalue weighted by molar-refractivity contribution is -0.117. The van der Waals surface area contributed by atoms with Crippen LogP contribution in [0.15, 0.2) is 12.2 Å². The van der Waals surface area contributed by atoms with Crippen LogP contribution in [0.1, 0.15) is 6.42 Å². The summed E-state index contributed by atoms with van der Waals surface area (Å²) >= 11 is 0. The Kier molecular flexibility index (Phi) is 6.84. The van der Waals surface area contributed by atoms with Gasteiger partial charge in [-0.05, 0) is 20.5 Å². The normalized spacial score (nSPS) is 21.0. The summed E-state index contributed by atoms with van der Waals surface area (Å²) in [5.74, 6) is -0.0522. The maximum atomic E-state index is 11.4. The van der Waals surface area contributed by atoms with Gasteiger partial charge in [0, 0.05) is 19.2 Å². The first-order chi connectivity index (χ1) is 8.18. The number of ether oxygens (including phenoxy) is 2. The van der Waals surface area contributed by atoms with Crippen LogP contribution < -0.4 is 5.32 Å². The third kappa shape index (κ3) is 7.10. The third-order valence-corrected chi connectivity index (χ3v) is 2.39. The molecule has 1 aliphatic rings. The molecule has 1 aliphatic heterocycles. The Morgan fingerprint density at radius 1 is 1.47 bits per heavy atom. The molecule has 0 aromatic heterocycles. The van der Waals surface area contributed by atoms with Crippen LogP contribution in [-0.2, 0) is 14.3 Å². The van der Waals surface area contributed by atoms with Gasteiger partial charge in [-0.25, -0.2) is 0 Å². The van der Waals surface area contributed by atoms with Crippen LogP contribution in [0, 0.1) is 0 Å². The van der Waals surface area contributed by atoms with Gasteiger partial charge in [0.05, 0.1) is 25.9 Å². The molecule has 1 heterocycles. The average Bonchev–Trinajstić information content (AvgIpc) is 2.30. The number of carbonyl (C=O) groups excluding carboxylic acids is 1. The van der Waals surface area contributed by atoms with Gasteiger partial charge < -0.3 is 19.7 Å². The number of nitrogens with one attached hydrogen (secondary N) is 1. The summed E-state index contributed by atoms with van der Waals surface area (Å²) < 4.78 is 10.7. The summed E-state index contributed by atoms with van der Waals surface area (Å²) in [5.41, 5.74) is 0. The van der Waals surface area contributed by atoms with E-state index in [1.165, 1.54) is 0 Å². The van der Waals surface area contributed by atoms with Crippen molar-refractivity contribution in [3.8, 4) is 0 Å². The van der Waals surface area contributed by atoms with E-state index < -0.39 is 0 Å². The second-order valence-electron chi connectivity index (χ2n) is 4.31. The summed E-state index contributed by atoms with van der Waals surface area (Å²) in [7, 11) is 3.92. The maximum absolute atomic E-state index is 11.4. The molecule has 0 radical (unpaired) electrons. The van der Waals surface area contributed by atoms with Gasteiger partial charge in [-0.2, -0.15) is 0 Å². The van der Waals surface area contributed by atoms with Gasteiger partial charge in [0.25, 0.3) is 0 Å². The number of amides is 1. The van der Waals surface area contributed by atoms with Gasteiger partial charge in [0.15, 0.2) is 0 Å². The van der Waals surface area contributed by atoms with Crippen LogP contribution in [0.2, 0.25) is 0 Å². The van der Waals surface area contributed by atoms with Crippen molar-refractivity contribution >= 4 is 5.91 Å². The summed E-state index contributed by atoms with van der Waals surface area (Å²) in [6, 6.07) is 0. The van der Waals surface area contributed by atoms with Crippen molar-refractivity contribution in [3.05, 3.63) is 12.2 Å². The fourth-order valence-corrected chi connectivity index (χ4v) is 1.49. The first-order valence-electron chi connectivity index (χ1n) is 5.97. The monoisotopic (exact) mass is 242 g/mol. The van der Waals surface area contributed by atoms with E-state index in [1.54, 1.807) is 6.08 Å². The second kappa shape index (κ2) is 8.22. The Hall–Kier alpha value is -0.910. The summed E-state index contributed by atoms with van der Waals surface area (Å²) in [6.45, 7) is 3.36. The van der Waals surface area contributed by atoms with E-state index in [0.717, 1.165) is 13.0 Å². The molecule has 5 heteroatoms. The fourth-order valence-electron chi connectivity index (χ4n) is 1.49. The van der Waals surface area contributed by atoms with Gasteiger partial charge >= 0.3 is 0 Å². The first-order valence-corrected chi connectivity index (χ1v) is 5.97. The molecule has 0 bridgehead atoms. The van der Waals surface area contributed by atoms with Gasteiger partial charge in [-0.1, -0.05) is 6.08 Å². The first kappa shape index (κ1) is 14.2. The molecule has 5 nitrogen and oxygen atoms in total. The Bertz CT molecular complexity index is 248. The van der Waals surface area contributed by atoms with Crippen LogP contribution in [0.5, 0.6) is 0 Å². The summed E-state index contributed by atoms with van der Waals surface area (Å²) in [5, 5.41) is 2.82. The van der Waals surface area contributed by atoms with Crippen molar-refractivity contribution in [2.45, 2.75) is 12.5 Å². The van der Waals surface area contributed by atoms with Crippen LogP contribution in [0.3, 0.4) is 0 Å². The summed E-state index contributed by atoms with van der Waals surface area (Å²) in [6.07, 6.45) is 4.33. The lowest BCUT2D eigenvalue weighted by Crippen LogP contribution is -2.33. The van der Waals surface area contributed by atoms with Crippen molar-refractivity contribution in [3.63, 3.8) is 0 Å². The predicted molar refractivity (Wildman–Crippen MR) is 65.9 cm³/mol. The molecule has 0 spiro atoms. The van der Waals surface area contributed by atoms with Gasteiger partial charge in [-0.3, -0.25) is 4.79 Å². The number of rotatable bonds is 6. The fraction of sp³-hybridized carbons (Fsp3) is 0.750. The molecule has 1 saturated heterocycles. The molecule has 0 aliphatic carbocycles. The van der Waals surface area contributed by atoms with Gasteiger partial charge in [-0.15, -0.1) is 0 Å². The lowest BCUT2D eigenvalue weighted by atomic mass is 10.2. The van der Waals surface area contributed by atoms with Crippen LogP contribution in [0.25, 0.3) is 0 Å². The molecule has 0 aromatic carbocycles. The van der Waals surface area contributed by atoms with Crippen molar-refractivity contribution < 1.29 is 14.3 Å². The molecule has 1 rings (SSSR count). The maximum Gasteiger partial charge on any atom is 0.243 e. The zero-order valence-corrected chi connectivity index (χ0v) is 10.6. The molecular formula is C12H22N2O3.